The summed E-state index contributed by atoms with van der Waals surface area (Å²) in [5, 5.41) is 7.02. The van der Waals surface area contributed by atoms with Crippen LogP contribution in [-0.2, 0) is 12.8 Å². The molecule has 0 spiro atoms. The molecule has 1 aliphatic rings. The third-order valence-electron chi connectivity index (χ3n) is 2.45. The fourth-order valence-electron chi connectivity index (χ4n) is 1.69. The van der Waals surface area contributed by atoms with E-state index in [2.05, 4.69) is 10.2 Å². The molecule has 0 bridgehead atoms. The first-order valence-corrected chi connectivity index (χ1v) is 4.11. The van der Waals surface area contributed by atoms with E-state index in [1.165, 1.54) is 17.7 Å². The zero-order valence-corrected chi connectivity index (χ0v) is 6.51. The first kappa shape index (κ1) is 6.85. The molecule has 0 radical (unpaired) electrons. The maximum Gasteiger partial charge on any atom is 0.0522 e. The van der Waals surface area contributed by atoms with Gasteiger partial charge in [0.15, 0.2) is 0 Å². The van der Waals surface area contributed by atoms with Crippen molar-refractivity contribution in [2.45, 2.75) is 19.3 Å². The van der Waals surface area contributed by atoms with Crippen molar-refractivity contribution in [2.75, 3.05) is 6.54 Å². The van der Waals surface area contributed by atoms with E-state index in [1.807, 2.05) is 6.20 Å². The molecule has 0 aliphatic heterocycles. The molecule has 0 fully saturated rings. The molecule has 1 heterocycles. The van der Waals surface area contributed by atoms with Crippen LogP contribution in [0.5, 0.6) is 0 Å². The Hall–Kier alpha value is -0.830. The van der Waals surface area contributed by atoms with Gasteiger partial charge in [0.1, 0.15) is 0 Å². The zero-order valence-electron chi connectivity index (χ0n) is 6.51. The van der Waals surface area contributed by atoms with E-state index in [0.717, 1.165) is 19.4 Å². The Kier molecular flexibility index (Phi) is 1.66. The Morgan fingerprint density at radius 2 is 2.64 bits per heavy atom. The summed E-state index contributed by atoms with van der Waals surface area (Å²) >= 11 is 0. The molecule has 3 heteroatoms. The van der Waals surface area contributed by atoms with Crippen LogP contribution in [0.2, 0.25) is 0 Å². The van der Waals surface area contributed by atoms with Crippen LogP contribution >= 0.6 is 0 Å². The molecule has 11 heavy (non-hydrogen) atoms. The van der Waals surface area contributed by atoms with Gasteiger partial charge in [-0.05, 0) is 37.3 Å². The molecule has 0 aromatic carbocycles. The van der Waals surface area contributed by atoms with Crippen LogP contribution in [0.15, 0.2) is 6.20 Å². The number of aromatic nitrogens is 2. The largest absolute Gasteiger partial charge is 0.330 e. The van der Waals surface area contributed by atoms with E-state index < -0.39 is 0 Å². The van der Waals surface area contributed by atoms with Gasteiger partial charge in [-0.15, -0.1) is 0 Å². The normalized spacial score (nSPS) is 23.2. The summed E-state index contributed by atoms with van der Waals surface area (Å²) in [5.74, 6) is 0.681. The topological polar surface area (TPSA) is 54.7 Å². The van der Waals surface area contributed by atoms with Crippen molar-refractivity contribution >= 4 is 0 Å². The molecule has 1 aromatic heterocycles. The number of aryl methyl sites for hydroxylation is 1. The van der Waals surface area contributed by atoms with Crippen LogP contribution in [-0.4, -0.2) is 16.7 Å². The van der Waals surface area contributed by atoms with Crippen LogP contribution < -0.4 is 5.73 Å². The van der Waals surface area contributed by atoms with Crippen LogP contribution in [0.3, 0.4) is 0 Å². The summed E-state index contributed by atoms with van der Waals surface area (Å²) in [6.45, 7) is 0.810. The number of hydrogen-bond acceptors (Lipinski definition) is 2. The minimum absolute atomic E-state index is 0.681. The maximum atomic E-state index is 5.60. The van der Waals surface area contributed by atoms with Gasteiger partial charge in [0.05, 0.1) is 6.20 Å². The number of nitrogens with one attached hydrogen (secondary N) is 1. The average Bonchev–Trinajstić information content (AvgIpc) is 2.50. The van der Waals surface area contributed by atoms with E-state index in [4.69, 9.17) is 5.73 Å². The minimum atomic E-state index is 0.681. The Balaban J connectivity index is 2.18. The molecule has 3 nitrogen and oxygen atoms in total. The second-order valence-corrected chi connectivity index (χ2v) is 3.22. The molecule has 0 saturated carbocycles. The third-order valence-corrected chi connectivity index (χ3v) is 2.45. The predicted octanol–water partition coefficient (Wildman–Crippen LogP) is 0.473. The third kappa shape index (κ3) is 1.16. The van der Waals surface area contributed by atoms with Crippen LogP contribution in [0, 0.1) is 5.92 Å². The van der Waals surface area contributed by atoms with Crippen LogP contribution in [0.4, 0.5) is 0 Å². The van der Waals surface area contributed by atoms with Gasteiger partial charge >= 0.3 is 0 Å². The number of nitrogens with two attached hydrogens (primary N) is 1. The summed E-state index contributed by atoms with van der Waals surface area (Å²) in [6.07, 6.45) is 5.38. The molecule has 0 amide bonds. The Morgan fingerprint density at radius 1 is 1.73 bits per heavy atom. The molecule has 3 N–H and O–H groups in total. The second-order valence-electron chi connectivity index (χ2n) is 3.22. The van der Waals surface area contributed by atoms with E-state index in [1.54, 1.807) is 0 Å². The number of fused-ring (bicyclic) bond motifs is 1. The van der Waals surface area contributed by atoms with Gasteiger partial charge < -0.3 is 5.73 Å². The standard InChI is InChI=1S/C8H13N3/c9-4-6-1-2-8-7(3-6)5-10-11-8/h5-6H,1-4,9H2,(H,10,11)/t6-/m0/s1. The molecule has 1 aliphatic carbocycles. The van der Waals surface area contributed by atoms with E-state index in [0.29, 0.717) is 5.92 Å². The molecule has 60 valence electrons. The minimum Gasteiger partial charge on any atom is -0.330 e. The quantitative estimate of drug-likeness (QED) is 0.613. The lowest BCUT2D eigenvalue weighted by molar-refractivity contribution is 0.466. The summed E-state index contributed by atoms with van der Waals surface area (Å²) in [4.78, 5) is 0. The zero-order chi connectivity index (χ0) is 7.68. The van der Waals surface area contributed by atoms with Crippen molar-refractivity contribution < 1.29 is 0 Å². The monoisotopic (exact) mass is 151 g/mol. The first-order valence-electron chi connectivity index (χ1n) is 4.11. The fourth-order valence-corrected chi connectivity index (χ4v) is 1.69. The predicted molar refractivity (Wildman–Crippen MR) is 43.2 cm³/mol. The van der Waals surface area contributed by atoms with Crippen molar-refractivity contribution in [3.63, 3.8) is 0 Å². The van der Waals surface area contributed by atoms with E-state index >= 15 is 0 Å². The van der Waals surface area contributed by atoms with Crippen LogP contribution in [0.25, 0.3) is 0 Å². The number of hydrogen-bond donors (Lipinski definition) is 2. The van der Waals surface area contributed by atoms with Gasteiger partial charge in [0.25, 0.3) is 0 Å². The van der Waals surface area contributed by atoms with Crippen LogP contribution in [0.1, 0.15) is 17.7 Å². The highest BCUT2D eigenvalue weighted by atomic mass is 15.1. The van der Waals surface area contributed by atoms with Gasteiger partial charge in [-0.2, -0.15) is 5.10 Å². The summed E-state index contributed by atoms with van der Waals surface area (Å²) < 4.78 is 0. The highest BCUT2D eigenvalue weighted by molar-refractivity contribution is 5.19. The average molecular weight is 151 g/mol. The lowest BCUT2D eigenvalue weighted by Gasteiger charge is -2.19. The van der Waals surface area contributed by atoms with Crippen molar-refractivity contribution in [3.05, 3.63) is 17.5 Å². The second kappa shape index (κ2) is 2.66. The highest BCUT2D eigenvalue weighted by Gasteiger charge is 2.18. The van der Waals surface area contributed by atoms with Gasteiger partial charge in [0, 0.05) is 5.69 Å². The first-order chi connectivity index (χ1) is 5.40. The van der Waals surface area contributed by atoms with Gasteiger partial charge in [0.2, 0.25) is 0 Å². The number of aromatic amines is 1. The molecule has 0 saturated heterocycles. The van der Waals surface area contributed by atoms with Crippen molar-refractivity contribution in [1.29, 1.82) is 0 Å². The van der Waals surface area contributed by atoms with Crippen molar-refractivity contribution in [1.82, 2.24) is 10.2 Å². The summed E-state index contributed by atoms with van der Waals surface area (Å²) in [7, 11) is 0. The molecular weight excluding hydrogens is 138 g/mol. The summed E-state index contributed by atoms with van der Waals surface area (Å²) in [6, 6.07) is 0. The lowest BCUT2D eigenvalue weighted by Crippen LogP contribution is -2.21. The Bertz CT molecular complexity index is 241. The number of nitrogens with zero attached hydrogens (tertiary/aromatic N) is 1. The van der Waals surface area contributed by atoms with Gasteiger partial charge in [-0.25, -0.2) is 0 Å². The maximum absolute atomic E-state index is 5.60. The molecule has 1 aromatic rings. The Morgan fingerprint density at radius 3 is 3.45 bits per heavy atom. The SMILES string of the molecule is NC[C@H]1CCc2[nH]ncc2C1. The Labute approximate surface area is 66.0 Å². The van der Waals surface area contributed by atoms with Gasteiger partial charge in [-0.3, -0.25) is 5.10 Å². The van der Waals surface area contributed by atoms with Gasteiger partial charge in [-0.1, -0.05) is 0 Å². The van der Waals surface area contributed by atoms with Crippen molar-refractivity contribution in [3.8, 4) is 0 Å². The smallest absolute Gasteiger partial charge is 0.0522 e. The number of rotatable bonds is 1. The van der Waals surface area contributed by atoms with Crippen molar-refractivity contribution in [2.24, 2.45) is 11.7 Å². The molecular formula is C8H13N3. The molecule has 0 unspecified atom stereocenters. The highest BCUT2D eigenvalue weighted by Crippen LogP contribution is 2.22. The molecule has 2 rings (SSSR count). The molecule has 1 atom stereocenters. The van der Waals surface area contributed by atoms with E-state index in [9.17, 15) is 0 Å². The number of H-pyrrole nitrogens is 1. The fraction of sp³-hybridized carbons (Fsp3) is 0.625. The lowest BCUT2D eigenvalue weighted by atomic mass is 9.88. The van der Waals surface area contributed by atoms with E-state index in [-0.39, 0.29) is 0 Å². The summed E-state index contributed by atoms with van der Waals surface area (Å²) in [5.41, 5.74) is 8.28.